The van der Waals surface area contributed by atoms with Crippen LogP contribution in [-0.4, -0.2) is 34.4 Å². The number of aromatic nitrogens is 1. The average Bonchev–Trinajstić information content (AvgIpc) is 3.16. The second-order valence-electron chi connectivity index (χ2n) is 7.01. The van der Waals surface area contributed by atoms with Crippen molar-refractivity contribution in [3.05, 3.63) is 64.3 Å². The number of nitrogens with zero attached hydrogens (tertiary/aromatic N) is 2. The zero-order chi connectivity index (χ0) is 19.7. The van der Waals surface area contributed by atoms with Crippen molar-refractivity contribution in [2.45, 2.75) is 19.3 Å². The molecule has 7 heteroatoms. The van der Waals surface area contributed by atoms with Gasteiger partial charge in [-0.05, 0) is 37.5 Å². The maximum absolute atomic E-state index is 12.8. The van der Waals surface area contributed by atoms with Gasteiger partial charge in [-0.25, -0.2) is 0 Å². The van der Waals surface area contributed by atoms with Gasteiger partial charge in [0.15, 0.2) is 5.76 Å². The molecule has 0 unspecified atom stereocenters. The second kappa shape index (κ2) is 7.34. The molecule has 3 aromatic rings. The fraction of sp³-hybridized carbons (Fsp3) is 0.286. The van der Waals surface area contributed by atoms with E-state index in [1.54, 1.807) is 24.1 Å². The van der Waals surface area contributed by atoms with Gasteiger partial charge in [-0.1, -0.05) is 18.2 Å². The van der Waals surface area contributed by atoms with Crippen LogP contribution >= 0.6 is 0 Å². The van der Waals surface area contributed by atoms with Gasteiger partial charge in [0, 0.05) is 31.7 Å². The molecule has 1 saturated heterocycles. The van der Waals surface area contributed by atoms with Crippen molar-refractivity contribution in [3.8, 4) is 0 Å². The molecule has 144 valence electrons. The van der Waals surface area contributed by atoms with Gasteiger partial charge < -0.3 is 19.2 Å². The van der Waals surface area contributed by atoms with Gasteiger partial charge in [0.2, 0.25) is 0 Å². The average molecular weight is 379 g/mol. The van der Waals surface area contributed by atoms with E-state index in [2.05, 4.69) is 5.32 Å². The number of furan rings is 1. The molecule has 0 atom stereocenters. The Labute approximate surface area is 161 Å². The number of para-hydroxylation sites is 1. The zero-order valence-corrected chi connectivity index (χ0v) is 15.6. The number of anilines is 1. The number of hydrogen-bond acceptors (Lipinski definition) is 4. The fourth-order valence-corrected chi connectivity index (χ4v) is 3.48. The number of benzene rings is 1. The molecule has 1 aromatic carbocycles. The van der Waals surface area contributed by atoms with E-state index in [1.807, 2.05) is 18.2 Å². The van der Waals surface area contributed by atoms with Gasteiger partial charge in [0.1, 0.15) is 11.3 Å². The molecule has 1 aliphatic rings. The quantitative estimate of drug-likeness (QED) is 0.758. The summed E-state index contributed by atoms with van der Waals surface area (Å²) in [6, 6.07) is 10.3. The standard InChI is InChI=1S/C21H21N3O4/c1-23-13-15(20(26)24-9-5-2-6-10-24)11-16(21(23)27)22-19(25)18-12-14-7-3-4-8-17(14)28-18/h3-4,7-8,11-13H,2,5-6,9-10H2,1H3,(H,22,25). The topological polar surface area (TPSA) is 84.6 Å². The second-order valence-corrected chi connectivity index (χ2v) is 7.01. The minimum absolute atomic E-state index is 0.0517. The van der Waals surface area contributed by atoms with Crippen molar-refractivity contribution in [2.75, 3.05) is 18.4 Å². The molecule has 1 N–H and O–H groups in total. The predicted octanol–water partition coefficient (Wildman–Crippen LogP) is 3.01. The van der Waals surface area contributed by atoms with E-state index in [-0.39, 0.29) is 22.9 Å². The Morgan fingerprint density at radius 1 is 1.07 bits per heavy atom. The minimum atomic E-state index is -0.532. The summed E-state index contributed by atoms with van der Waals surface area (Å²) < 4.78 is 6.86. The first-order valence-electron chi connectivity index (χ1n) is 9.33. The Morgan fingerprint density at radius 2 is 1.82 bits per heavy atom. The zero-order valence-electron chi connectivity index (χ0n) is 15.6. The van der Waals surface area contributed by atoms with E-state index >= 15 is 0 Å². The third kappa shape index (κ3) is 3.43. The van der Waals surface area contributed by atoms with Gasteiger partial charge in [-0.15, -0.1) is 0 Å². The summed E-state index contributed by atoms with van der Waals surface area (Å²) in [7, 11) is 1.56. The minimum Gasteiger partial charge on any atom is -0.451 e. The predicted molar refractivity (Wildman–Crippen MR) is 106 cm³/mol. The molecular formula is C21H21N3O4. The third-order valence-electron chi connectivity index (χ3n) is 4.97. The first-order chi connectivity index (χ1) is 13.5. The van der Waals surface area contributed by atoms with Gasteiger partial charge in [-0.2, -0.15) is 0 Å². The van der Waals surface area contributed by atoms with E-state index in [1.165, 1.54) is 16.8 Å². The van der Waals surface area contributed by atoms with Crippen LogP contribution in [0.25, 0.3) is 11.0 Å². The summed E-state index contributed by atoms with van der Waals surface area (Å²) in [5.41, 5.74) is 0.633. The smallest absolute Gasteiger partial charge is 0.291 e. The summed E-state index contributed by atoms with van der Waals surface area (Å²) >= 11 is 0. The number of rotatable bonds is 3. The van der Waals surface area contributed by atoms with Crippen LogP contribution in [0, 0.1) is 0 Å². The first-order valence-corrected chi connectivity index (χ1v) is 9.33. The number of piperidine rings is 1. The lowest BCUT2D eigenvalue weighted by Gasteiger charge is -2.27. The van der Waals surface area contributed by atoms with Crippen molar-refractivity contribution in [1.82, 2.24) is 9.47 Å². The number of aryl methyl sites for hydroxylation is 1. The molecule has 7 nitrogen and oxygen atoms in total. The van der Waals surface area contributed by atoms with Crippen LogP contribution in [0.2, 0.25) is 0 Å². The molecule has 0 saturated carbocycles. The van der Waals surface area contributed by atoms with Gasteiger partial charge in [0.05, 0.1) is 5.56 Å². The summed E-state index contributed by atoms with van der Waals surface area (Å²) in [5.74, 6) is -0.554. The Kier molecular flexibility index (Phi) is 4.73. The largest absolute Gasteiger partial charge is 0.451 e. The van der Waals surface area contributed by atoms with Crippen molar-refractivity contribution in [1.29, 1.82) is 0 Å². The summed E-state index contributed by atoms with van der Waals surface area (Å²) in [6.45, 7) is 1.42. The highest BCUT2D eigenvalue weighted by Crippen LogP contribution is 2.20. The number of amides is 2. The fourth-order valence-electron chi connectivity index (χ4n) is 3.48. The highest BCUT2D eigenvalue weighted by Gasteiger charge is 2.21. The van der Waals surface area contributed by atoms with Gasteiger partial charge in [-0.3, -0.25) is 14.4 Å². The van der Waals surface area contributed by atoms with Crippen molar-refractivity contribution >= 4 is 28.5 Å². The molecule has 0 spiro atoms. The van der Waals surface area contributed by atoms with Gasteiger partial charge in [0.25, 0.3) is 17.4 Å². The van der Waals surface area contributed by atoms with Crippen LogP contribution in [0.4, 0.5) is 5.69 Å². The molecule has 0 radical (unpaired) electrons. The number of hydrogen-bond donors (Lipinski definition) is 1. The van der Waals surface area contributed by atoms with E-state index in [0.29, 0.717) is 24.2 Å². The van der Waals surface area contributed by atoms with E-state index < -0.39 is 5.91 Å². The highest BCUT2D eigenvalue weighted by atomic mass is 16.3. The number of carbonyl (C=O) groups excluding carboxylic acids is 2. The van der Waals surface area contributed by atoms with Crippen LogP contribution in [0.3, 0.4) is 0 Å². The Hall–Kier alpha value is -3.35. The molecule has 1 aliphatic heterocycles. The highest BCUT2D eigenvalue weighted by molar-refractivity contribution is 6.05. The van der Waals surface area contributed by atoms with E-state index in [4.69, 9.17) is 4.42 Å². The number of pyridine rings is 1. The Balaban J connectivity index is 1.61. The van der Waals surface area contributed by atoms with Crippen LogP contribution in [-0.2, 0) is 7.05 Å². The third-order valence-corrected chi connectivity index (χ3v) is 4.97. The SMILES string of the molecule is Cn1cc(C(=O)N2CCCCC2)cc(NC(=O)c2cc3ccccc3o2)c1=O. The number of carbonyl (C=O) groups is 2. The lowest BCUT2D eigenvalue weighted by Crippen LogP contribution is -2.36. The summed E-state index contributed by atoms with van der Waals surface area (Å²) in [4.78, 5) is 39.6. The Bertz CT molecular complexity index is 1070. The molecule has 1 fully saturated rings. The molecule has 0 bridgehead atoms. The normalized spacial score (nSPS) is 14.2. The van der Waals surface area contributed by atoms with Crippen molar-refractivity contribution in [2.24, 2.45) is 7.05 Å². The molecule has 0 aliphatic carbocycles. The van der Waals surface area contributed by atoms with Crippen molar-refractivity contribution in [3.63, 3.8) is 0 Å². The molecule has 2 aromatic heterocycles. The Morgan fingerprint density at radius 3 is 2.57 bits per heavy atom. The van der Waals surface area contributed by atoms with Crippen molar-refractivity contribution < 1.29 is 14.0 Å². The monoisotopic (exact) mass is 379 g/mol. The van der Waals surface area contributed by atoms with Crippen LogP contribution in [0.5, 0.6) is 0 Å². The van der Waals surface area contributed by atoms with Gasteiger partial charge >= 0.3 is 0 Å². The molecule has 4 rings (SSSR count). The number of nitrogens with one attached hydrogen (secondary N) is 1. The maximum atomic E-state index is 12.8. The van der Waals surface area contributed by atoms with Crippen LogP contribution < -0.4 is 10.9 Å². The molecule has 2 amide bonds. The molecule has 28 heavy (non-hydrogen) atoms. The van der Waals surface area contributed by atoms with E-state index in [9.17, 15) is 14.4 Å². The summed E-state index contributed by atoms with van der Waals surface area (Å²) in [6.07, 6.45) is 4.59. The maximum Gasteiger partial charge on any atom is 0.291 e. The number of fused-ring (bicyclic) bond motifs is 1. The molecular weight excluding hydrogens is 358 g/mol. The molecule has 3 heterocycles. The van der Waals surface area contributed by atoms with Crippen LogP contribution in [0.1, 0.15) is 40.2 Å². The van der Waals surface area contributed by atoms with Crippen LogP contribution in [0.15, 0.2) is 51.8 Å². The van der Waals surface area contributed by atoms with E-state index in [0.717, 1.165) is 24.6 Å². The lowest BCUT2D eigenvalue weighted by atomic mass is 10.1. The number of likely N-dealkylation sites (tertiary alicyclic amines) is 1. The summed E-state index contributed by atoms with van der Waals surface area (Å²) in [5, 5.41) is 3.39. The lowest BCUT2D eigenvalue weighted by molar-refractivity contribution is 0.0723. The first kappa shape index (κ1) is 18.0.